The van der Waals surface area contributed by atoms with Gasteiger partial charge in [0.05, 0.1) is 18.5 Å². The quantitative estimate of drug-likeness (QED) is 0.763. The van der Waals surface area contributed by atoms with Gasteiger partial charge >= 0.3 is 0 Å². The monoisotopic (exact) mass is 324 g/mol. The average molecular weight is 325 g/mol. The van der Waals surface area contributed by atoms with Crippen molar-refractivity contribution in [1.82, 2.24) is 9.55 Å². The Morgan fingerprint density at radius 2 is 1.78 bits per heavy atom. The van der Waals surface area contributed by atoms with Crippen molar-refractivity contribution in [2.24, 2.45) is 0 Å². The topological polar surface area (TPSA) is 38.0 Å². The molecule has 0 aliphatic heterocycles. The molecule has 4 heteroatoms. The van der Waals surface area contributed by atoms with Gasteiger partial charge in [-0.2, -0.15) is 0 Å². The molecule has 0 saturated carbocycles. The smallest absolute Gasteiger partial charge is 0.0973 e. The SMILES string of the molecule is OC(/C=C/c1ccccc1)C(c1ccc(Cl)cc1)n1ccnc1. The van der Waals surface area contributed by atoms with Crippen LogP contribution in [0.2, 0.25) is 5.02 Å². The lowest BCUT2D eigenvalue weighted by Gasteiger charge is -2.22. The summed E-state index contributed by atoms with van der Waals surface area (Å²) in [7, 11) is 0. The van der Waals surface area contributed by atoms with E-state index >= 15 is 0 Å². The van der Waals surface area contributed by atoms with Gasteiger partial charge in [-0.15, -0.1) is 0 Å². The second-order valence-corrected chi connectivity index (χ2v) is 5.70. The Balaban J connectivity index is 1.89. The largest absolute Gasteiger partial charge is 0.386 e. The van der Waals surface area contributed by atoms with Crippen LogP contribution in [0.4, 0.5) is 0 Å². The number of imidazole rings is 1. The highest BCUT2D eigenvalue weighted by Gasteiger charge is 2.20. The van der Waals surface area contributed by atoms with Gasteiger partial charge in [0.1, 0.15) is 0 Å². The number of aromatic nitrogens is 2. The fourth-order valence-electron chi connectivity index (χ4n) is 2.52. The van der Waals surface area contributed by atoms with Crippen LogP contribution in [0.15, 0.2) is 79.4 Å². The molecule has 116 valence electrons. The predicted octanol–water partition coefficient (Wildman–Crippen LogP) is 4.20. The van der Waals surface area contributed by atoms with Crippen LogP contribution in [-0.2, 0) is 0 Å². The Labute approximate surface area is 140 Å². The van der Waals surface area contributed by atoms with Crippen LogP contribution in [0, 0.1) is 0 Å². The first-order valence-electron chi connectivity index (χ1n) is 7.38. The van der Waals surface area contributed by atoms with E-state index in [0.717, 1.165) is 11.1 Å². The van der Waals surface area contributed by atoms with Gasteiger partial charge in [0.15, 0.2) is 0 Å². The van der Waals surface area contributed by atoms with Crippen molar-refractivity contribution >= 4 is 17.7 Å². The summed E-state index contributed by atoms with van der Waals surface area (Å²) in [6.07, 6.45) is 8.29. The van der Waals surface area contributed by atoms with Crippen LogP contribution in [0.3, 0.4) is 0 Å². The second-order valence-electron chi connectivity index (χ2n) is 5.27. The molecule has 0 bridgehead atoms. The Morgan fingerprint density at radius 1 is 1.04 bits per heavy atom. The number of benzene rings is 2. The number of nitrogens with zero attached hydrogens (tertiary/aromatic N) is 2. The highest BCUT2D eigenvalue weighted by molar-refractivity contribution is 6.30. The Hall–Kier alpha value is -2.36. The molecule has 0 fully saturated rings. The molecule has 2 unspecified atom stereocenters. The second kappa shape index (κ2) is 7.27. The van der Waals surface area contributed by atoms with E-state index in [2.05, 4.69) is 4.98 Å². The number of hydrogen-bond donors (Lipinski definition) is 1. The van der Waals surface area contributed by atoms with Crippen molar-refractivity contribution in [2.75, 3.05) is 0 Å². The van der Waals surface area contributed by atoms with Gasteiger partial charge in [-0.3, -0.25) is 0 Å². The summed E-state index contributed by atoms with van der Waals surface area (Å²) < 4.78 is 1.89. The molecule has 0 spiro atoms. The van der Waals surface area contributed by atoms with Gasteiger partial charge in [0.25, 0.3) is 0 Å². The summed E-state index contributed by atoms with van der Waals surface area (Å²) in [5.41, 5.74) is 2.02. The van der Waals surface area contributed by atoms with Gasteiger partial charge in [0, 0.05) is 17.4 Å². The molecule has 3 aromatic rings. The van der Waals surface area contributed by atoms with Gasteiger partial charge < -0.3 is 9.67 Å². The van der Waals surface area contributed by atoms with Crippen LogP contribution in [0.25, 0.3) is 6.08 Å². The molecule has 1 heterocycles. The summed E-state index contributed by atoms with van der Waals surface area (Å²) in [5, 5.41) is 11.4. The molecule has 1 N–H and O–H groups in total. The molecule has 0 saturated heterocycles. The van der Waals surface area contributed by atoms with Crippen LogP contribution < -0.4 is 0 Å². The molecule has 3 rings (SSSR count). The minimum absolute atomic E-state index is 0.255. The number of aliphatic hydroxyl groups is 1. The molecule has 2 aromatic carbocycles. The third kappa shape index (κ3) is 3.89. The van der Waals surface area contributed by atoms with E-state index in [0.29, 0.717) is 5.02 Å². The van der Waals surface area contributed by atoms with Crippen molar-refractivity contribution in [2.45, 2.75) is 12.1 Å². The fourth-order valence-corrected chi connectivity index (χ4v) is 2.64. The highest BCUT2D eigenvalue weighted by Crippen LogP contribution is 2.25. The van der Waals surface area contributed by atoms with Crippen LogP contribution in [-0.4, -0.2) is 20.8 Å². The minimum atomic E-state index is -0.689. The third-order valence-electron chi connectivity index (χ3n) is 3.67. The van der Waals surface area contributed by atoms with E-state index in [4.69, 9.17) is 11.6 Å². The third-order valence-corrected chi connectivity index (χ3v) is 3.92. The van der Waals surface area contributed by atoms with Crippen molar-refractivity contribution in [3.05, 3.63) is 95.5 Å². The number of aliphatic hydroxyl groups excluding tert-OH is 1. The van der Waals surface area contributed by atoms with Gasteiger partial charge in [-0.05, 0) is 23.3 Å². The first-order chi connectivity index (χ1) is 11.2. The predicted molar refractivity (Wildman–Crippen MR) is 93.3 cm³/mol. The summed E-state index contributed by atoms with van der Waals surface area (Å²) >= 11 is 5.97. The molecule has 3 nitrogen and oxygen atoms in total. The molecule has 0 aliphatic carbocycles. The molecular weight excluding hydrogens is 308 g/mol. The normalized spacial score (nSPS) is 14.0. The molecule has 0 aliphatic rings. The summed E-state index contributed by atoms with van der Waals surface area (Å²) in [6, 6.07) is 17.2. The van der Waals surface area contributed by atoms with E-state index in [9.17, 15) is 5.11 Å². The Kier molecular flexibility index (Phi) is 4.91. The molecule has 0 radical (unpaired) electrons. The van der Waals surface area contributed by atoms with Crippen molar-refractivity contribution in [1.29, 1.82) is 0 Å². The molecule has 1 aromatic heterocycles. The lowest BCUT2D eigenvalue weighted by Crippen LogP contribution is -2.22. The molecule has 0 amide bonds. The highest BCUT2D eigenvalue weighted by atomic mass is 35.5. The molecular formula is C19H17ClN2O. The van der Waals surface area contributed by atoms with E-state index in [-0.39, 0.29) is 6.04 Å². The lowest BCUT2D eigenvalue weighted by molar-refractivity contribution is 0.176. The van der Waals surface area contributed by atoms with E-state index in [1.807, 2.05) is 71.4 Å². The minimum Gasteiger partial charge on any atom is -0.386 e. The standard InChI is InChI=1S/C19H17ClN2O/c20-17-9-7-16(8-10-17)19(22-13-12-21-14-22)18(23)11-6-15-4-2-1-3-5-15/h1-14,18-19,23H/b11-6+. The van der Waals surface area contributed by atoms with Crippen LogP contribution >= 0.6 is 11.6 Å². The molecule has 2 atom stereocenters. The summed E-state index contributed by atoms with van der Waals surface area (Å²) in [6.45, 7) is 0. The number of hydrogen-bond acceptors (Lipinski definition) is 2. The van der Waals surface area contributed by atoms with Crippen LogP contribution in [0.5, 0.6) is 0 Å². The van der Waals surface area contributed by atoms with E-state index in [1.165, 1.54) is 0 Å². The van der Waals surface area contributed by atoms with Crippen molar-refractivity contribution in [3.63, 3.8) is 0 Å². The average Bonchev–Trinajstić information content (AvgIpc) is 3.10. The maximum atomic E-state index is 10.7. The molecule has 23 heavy (non-hydrogen) atoms. The maximum absolute atomic E-state index is 10.7. The van der Waals surface area contributed by atoms with E-state index < -0.39 is 6.10 Å². The van der Waals surface area contributed by atoms with Gasteiger partial charge in [-0.1, -0.05) is 66.2 Å². The van der Waals surface area contributed by atoms with Crippen LogP contribution in [0.1, 0.15) is 17.2 Å². The number of rotatable bonds is 5. The maximum Gasteiger partial charge on any atom is 0.0973 e. The van der Waals surface area contributed by atoms with E-state index in [1.54, 1.807) is 18.6 Å². The van der Waals surface area contributed by atoms with Crippen molar-refractivity contribution < 1.29 is 5.11 Å². The summed E-state index contributed by atoms with van der Waals surface area (Å²) in [5.74, 6) is 0. The Bertz CT molecular complexity index is 752. The first-order valence-corrected chi connectivity index (χ1v) is 7.76. The van der Waals surface area contributed by atoms with Crippen molar-refractivity contribution in [3.8, 4) is 0 Å². The Morgan fingerprint density at radius 3 is 2.43 bits per heavy atom. The van der Waals surface area contributed by atoms with Gasteiger partial charge in [0.2, 0.25) is 0 Å². The van der Waals surface area contributed by atoms with Gasteiger partial charge in [-0.25, -0.2) is 4.98 Å². The zero-order valence-electron chi connectivity index (χ0n) is 12.5. The zero-order valence-corrected chi connectivity index (χ0v) is 13.2. The number of halogens is 1. The summed E-state index contributed by atoms with van der Waals surface area (Å²) in [4.78, 5) is 4.09. The first kappa shape index (κ1) is 15.5. The lowest BCUT2D eigenvalue weighted by atomic mass is 10.00. The zero-order chi connectivity index (χ0) is 16.1. The fraction of sp³-hybridized carbons (Fsp3) is 0.105.